The first-order chi connectivity index (χ1) is 11.4. The zero-order valence-corrected chi connectivity index (χ0v) is 14.0. The van der Waals surface area contributed by atoms with Crippen LogP contribution in [0.3, 0.4) is 0 Å². The molecule has 2 N–H and O–H groups in total. The number of nitrogens with one attached hydrogen (secondary N) is 2. The highest BCUT2D eigenvalue weighted by atomic mass is 79.9. The van der Waals surface area contributed by atoms with Crippen molar-refractivity contribution in [1.29, 1.82) is 0 Å². The third kappa shape index (κ3) is 3.46. The Hall–Kier alpha value is -2.28. The fraction of sp³-hybridized carbons (Fsp3) is 0.176. The van der Waals surface area contributed by atoms with Crippen molar-refractivity contribution in [2.75, 3.05) is 5.32 Å². The third-order valence-corrected chi connectivity index (χ3v) is 4.41. The topological polar surface area (TPSA) is 58.2 Å². The van der Waals surface area contributed by atoms with E-state index in [1.807, 2.05) is 24.3 Å². The Kier molecular flexibility index (Phi) is 4.36. The van der Waals surface area contributed by atoms with E-state index in [1.165, 1.54) is 0 Å². The van der Waals surface area contributed by atoms with Crippen molar-refractivity contribution in [2.24, 2.45) is 0 Å². The predicted molar refractivity (Wildman–Crippen MR) is 88.2 cm³/mol. The summed E-state index contributed by atoms with van der Waals surface area (Å²) in [5, 5.41) is 4.76. The Bertz CT molecular complexity index is 805. The highest BCUT2D eigenvalue weighted by molar-refractivity contribution is 9.10. The molecule has 1 saturated carbocycles. The number of halogens is 3. The van der Waals surface area contributed by atoms with Crippen LogP contribution in [0.2, 0.25) is 0 Å². The van der Waals surface area contributed by atoms with E-state index in [-0.39, 0.29) is 5.69 Å². The van der Waals surface area contributed by atoms with E-state index in [2.05, 4.69) is 26.6 Å². The highest BCUT2D eigenvalue weighted by Crippen LogP contribution is 2.45. The summed E-state index contributed by atoms with van der Waals surface area (Å²) in [6, 6.07) is 10.1. The molecule has 1 fully saturated rings. The molecule has 7 heteroatoms. The molecule has 0 radical (unpaired) electrons. The van der Waals surface area contributed by atoms with Gasteiger partial charge < -0.3 is 10.6 Å². The molecule has 2 amide bonds. The van der Waals surface area contributed by atoms with E-state index < -0.39 is 29.0 Å². The number of anilines is 1. The lowest BCUT2D eigenvalue weighted by atomic mass is 10.1. The summed E-state index contributed by atoms with van der Waals surface area (Å²) < 4.78 is 27.6. The van der Waals surface area contributed by atoms with Crippen LogP contribution >= 0.6 is 15.9 Å². The molecule has 2 aromatic rings. The molecule has 0 unspecified atom stereocenters. The Balaban J connectivity index is 1.69. The van der Waals surface area contributed by atoms with E-state index in [0.29, 0.717) is 12.8 Å². The van der Waals surface area contributed by atoms with Gasteiger partial charge in [0.2, 0.25) is 0 Å². The van der Waals surface area contributed by atoms with Gasteiger partial charge in [-0.1, -0.05) is 28.1 Å². The molecule has 1 aliphatic rings. The molecular weight excluding hydrogens is 382 g/mol. The molecule has 0 saturated heterocycles. The minimum atomic E-state index is -1.04. The minimum absolute atomic E-state index is 0.372. The van der Waals surface area contributed by atoms with Gasteiger partial charge in [-0.05, 0) is 42.7 Å². The summed E-state index contributed by atoms with van der Waals surface area (Å²) in [6.07, 6.45) is 1.42. The lowest BCUT2D eigenvalue weighted by molar-refractivity contribution is -0.136. The number of carbonyl (C=O) groups is 2. The fourth-order valence-electron chi connectivity index (χ4n) is 2.43. The average Bonchev–Trinajstić information content (AvgIpc) is 3.32. The summed E-state index contributed by atoms with van der Waals surface area (Å²) in [5.74, 6) is -3.45. The second-order valence-corrected chi connectivity index (χ2v) is 6.54. The predicted octanol–water partition coefficient (Wildman–Crippen LogP) is 3.47. The summed E-state index contributed by atoms with van der Waals surface area (Å²) in [7, 11) is 0. The molecule has 0 bridgehead atoms. The van der Waals surface area contributed by atoms with Crippen LogP contribution in [0.1, 0.15) is 18.4 Å². The Morgan fingerprint density at radius 2 is 1.67 bits per heavy atom. The average molecular weight is 395 g/mol. The molecule has 24 heavy (non-hydrogen) atoms. The van der Waals surface area contributed by atoms with Crippen molar-refractivity contribution in [3.63, 3.8) is 0 Å². The van der Waals surface area contributed by atoms with Gasteiger partial charge in [0.15, 0.2) is 0 Å². The summed E-state index contributed by atoms with van der Waals surface area (Å²) in [6.45, 7) is 0. The molecule has 0 atom stereocenters. The molecular formula is C17H13BrF2N2O2. The van der Waals surface area contributed by atoms with Gasteiger partial charge in [0.25, 0.3) is 0 Å². The number of hydrogen-bond donors (Lipinski definition) is 2. The monoisotopic (exact) mass is 394 g/mol. The zero-order valence-electron chi connectivity index (χ0n) is 12.4. The first-order valence-corrected chi connectivity index (χ1v) is 8.03. The summed E-state index contributed by atoms with van der Waals surface area (Å²) >= 11 is 3.34. The molecule has 3 rings (SSSR count). The summed E-state index contributed by atoms with van der Waals surface area (Å²) in [4.78, 5) is 24.0. The molecule has 2 aromatic carbocycles. The van der Waals surface area contributed by atoms with Crippen molar-refractivity contribution in [1.82, 2.24) is 5.32 Å². The maximum atomic E-state index is 13.5. The molecule has 0 heterocycles. The Labute approximate surface area is 145 Å². The lowest BCUT2D eigenvalue weighted by Crippen LogP contribution is -2.42. The number of rotatable bonds is 3. The smallest absolute Gasteiger partial charge is 0.313 e. The van der Waals surface area contributed by atoms with E-state index >= 15 is 0 Å². The van der Waals surface area contributed by atoms with Crippen LogP contribution in [-0.4, -0.2) is 11.8 Å². The van der Waals surface area contributed by atoms with Crippen molar-refractivity contribution in [3.05, 3.63) is 64.1 Å². The maximum absolute atomic E-state index is 13.5. The van der Waals surface area contributed by atoms with Crippen molar-refractivity contribution < 1.29 is 18.4 Å². The van der Waals surface area contributed by atoms with Gasteiger partial charge in [-0.25, -0.2) is 8.78 Å². The van der Waals surface area contributed by atoms with E-state index in [0.717, 1.165) is 28.2 Å². The van der Waals surface area contributed by atoms with E-state index in [4.69, 9.17) is 0 Å². The van der Waals surface area contributed by atoms with Crippen LogP contribution in [0.15, 0.2) is 46.9 Å². The van der Waals surface area contributed by atoms with Gasteiger partial charge >= 0.3 is 11.8 Å². The molecule has 1 aliphatic carbocycles. The normalized spacial score (nSPS) is 14.8. The van der Waals surface area contributed by atoms with Crippen LogP contribution in [0.25, 0.3) is 0 Å². The summed E-state index contributed by atoms with van der Waals surface area (Å²) in [5.41, 5.74) is -0.0530. The number of amides is 2. The SMILES string of the molecule is O=C(Nc1cc(F)ccc1F)C(=O)NC1(c2ccc(Br)cc2)CC1. The highest BCUT2D eigenvalue weighted by Gasteiger charge is 2.46. The van der Waals surface area contributed by atoms with Crippen molar-refractivity contribution in [2.45, 2.75) is 18.4 Å². The van der Waals surface area contributed by atoms with Gasteiger partial charge in [0, 0.05) is 10.5 Å². The first kappa shape index (κ1) is 16.6. The maximum Gasteiger partial charge on any atom is 0.313 e. The standard InChI is InChI=1S/C17H13BrF2N2O2/c18-11-3-1-10(2-4-11)17(7-8-17)22-16(24)15(23)21-14-9-12(19)5-6-13(14)20/h1-6,9H,7-8H2,(H,21,23)(H,22,24). The van der Waals surface area contributed by atoms with Gasteiger partial charge in [-0.2, -0.15) is 0 Å². The van der Waals surface area contributed by atoms with Crippen LogP contribution in [-0.2, 0) is 15.1 Å². The second-order valence-electron chi connectivity index (χ2n) is 5.62. The minimum Gasteiger partial charge on any atom is -0.338 e. The number of benzene rings is 2. The van der Waals surface area contributed by atoms with E-state index in [9.17, 15) is 18.4 Å². The molecule has 0 spiro atoms. The van der Waals surface area contributed by atoms with Gasteiger partial charge in [0.05, 0.1) is 11.2 Å². The molecule has 4 nitrogen and oxygen atoms in total. The second kappa shape index (κ2) is 6.32. The largest absolute Gasteiger partial charge is 0.338 e. The zero-order chi connectivity index (χ0) is 17.3. The van der Waals surface area contributed by atoms with Crippen LogP contribution in [0.5, 0.6) is 0 Å². The number of carbonyl (C=O) groups excluding carboxylic acids is 2. The van der Waals surface area contributed by atoms with E-state index in [1.54, 1.807) is 0 Å². The van der Waals surface area contributed by atoms with Gasteiger partial charge in [0.1, 0.15) is 11.6 Å². The third-order valence-electron chi connectivity index (χ3n) is 3.88. The Morgan fingerprint density at radius 1 is 1.00 bits per heavy atom. The number of hydrogen-bond acceptors (Lipinski definition) is 2. The van der Waals surface area contributed by atoms with Gasteiger partial charge in [-0.15, -0.1) is 0 Å². The lowest BCUT2D eigenvalue weighted by Gasteiger charge is -2.18. The van der Waals surface area contributed by atoms with Crippen molar-refractivity contribution in [3.8, 4) is 0 Å². The Morgan fingerprint density at radius 3 is 2.29 bits per heavy atom. The van der Waals surface area contributed by atoms with Gasteiger partial charge in [-0.3, -0.25) is 9.59 Å². The van der Waals surface area contributed by atoms with Crippen LogP contribution < -0.4 is 10.6 Å². The van der Waals surface area contributed by atoms with Crippen LogP contribution in [0, 0.1) is 11.6 Å². The van der Waals surface area contributed by atoms with Crippen molar-refractivity contribution >= 4 is 33.4 Å². The molecule has 124 valence electrons. The first-order valence-electron chi connectivity index (χ1n) is 7.24. The van der Waals surface area contributed by atoms with Crippen LogP contribution in [0.4, 0.5) is 14.5 Å². The molecule has 0 aromatic heterocycles. The fourth-order valence-corrected chi connectivity index (χ4v) is 2.69. The quantitative estimate of drug-likeness (QED) is 0.783. The molecule has 0 aliphatic heterocycles.